The summed E-state index contributed by atoms with van der Waals surface area (Å²) in [5.41, 5.74) is 1.07. The third kappa shape index (κ3) is 7.87. The van der Waals surface area contributed by atoms with Crippen LogP contribution < -0.4 is 15.4 Å². The fraction of sp³-hybridized carbons (Fsp3) is 0.480. The lowest BCUT2D eigenvalue weighted by molar-refractivity contribution is -0.0527. The molecule has 0 bridgehead atoms. The van der Waals surface area contributed by atoms with Crippen molar-refractivity contribution >= 4 is 11.3 Å². The Morgan fingerprint density at radius 2 is 2.00 bits per heavy atom. The molecule has 6 nitrogen and oxygen atoms in total. The van der Waals surface area contributed by atoms with Gasteiger partial charge in [-0.2, -0.15) is 8.78 Å². The molecule has 1 saturated carbocycles. The Labute approximate surface area is 203 Å². The molecule has 3 rings (SSSR count). The van der Waals surface area contributed by atoms with Crippen molar-refractivity contribution in [3.8, 4) is 11.5 Å². The maximum atomic E-state index is 12.9. The number of allylic oxidation sites excluding steroid dienone is 4. The van der Waals surface area contributed by atoms with Gasteiger partial charge in [0, 0.05) is 17.0 Å². The third-order valence-electron chi connectivity index (χ3n) is 5.42. The van der Waals surface area contributed by atoms with Gasteiger partial charge in [-0.05, 0) is 71.1 Å². The molecule has 34 heavy (non-hydrogen) atoms. The van der Waals surface area contributed by atoms with E-state index in [2.05, 4.69) is 23.9 Å². The van der Waals surface area contributed by atoms with Crippen LogP contribution in [0.2, 0.25) is 0 Å². The molecule has 188 valence electrons. The first-order valence-corrected chi connectivity index (χ1v) is 12.0. The summed E-state index contributed by atoms with van der Waals surface area (Å²) >= 11 is 1.46. The second-order valence-electron chi connectivity index (χ2n) is 8.68. The highest BCUT2D eigenvalue weighted by molar-refractivity contribution is 7.11. The van der Waals surface area contributed by atoms with Crippen LogP contribution in [-0.4, -0.2) is 28.0 Å². The number of ether oxygens (including phenoxy) is 2. The second kappa shape index (κ2) is 12.9. The predicted octanol–water partition coefficient (Wildman–Crippen LogP) is 6.28. The number of aliphatic hydroxyl groups is 1. The van der Waals surface area contributed by atoms with Crippen LogP contribution >= 0.6 is 11.3 Å². The minimum absolute atomic E-state index is 0.0326. The van der Waals surface area contributed by atoms with Crippen LogP contribution in [0.4, 0.5) is 8.78 Å². The maximum absolute atomic E-state index is 12.9. The summed E-state index contributed by atoms with van der Waals surface area (Å²) in [4.78, 5) is 5.43. The molecule has 1 heterocycles. The maximum Gasteiger partial charge on any atom is 0.387 e. The van der Waals surface area contributed by atoms with Crippen molar-refractivity contribution in [1.82, 2.24) is 4.98 Å². The minimum Gasteiger partial charge on any atom is -0.487 e. The molecule has 2 aromatic rings. The van der Waals surface area contributed by atoms with Gasteiger partial charge in [0.15, 0.2) is 11.5 Å². The number of alkyl halides is 2. The highest BCUT2D eigenvalue weighted by atomic mass is 32.1. The first-order chi connectivity index (χ1) is 16.2. The molecule has 1 aromatic carbocycles. The number of rotatable bonds is 10. The van der Waals surface area contributed by atoms with Gasteiger partial charge in [0.25, 0.3) is 0 Å². The Balaban J connectivity index is 0.00000199. The average molecular weight is 497 g/mol. The van der Waals surface area contributed by atoms with Crippen LogP contribution in [0.1, 0.15) is 74.7 Å². The SMILES string of the molecule is C/C=C\C=C(/C)CC(c1ccc(OC(F)F)c(OC2CCC2)c1)c1cnc(C(C)(C)O)s1.NO. The van der Waals surface area contributed by atoms with E-state index in [4.69, 9.17) is 14.7 Å². The van der Waals surface area contributed by atoms with E-state index in [1.165, 1.54) is 16.9 Å². The van der Waals surface area contributed by atoms with Crippen molar-refractivity contribution in [3.05, 3.63) is 63.6 Å². The van der Waals surface area contributed by atoms with Crippen molar-refractivity contribution < 1.29 is 28.6 Å². The minimum atomic E-state index is -2.91. The van der Waals surface area contributed by atoms with Crippen LogP contribution in [0.5, 0.6) is 11.5 Å². The molecular weight excluding hydrogens is 462 g/mol. The predicted molar refractivity (Wildman–Crippen MR) is 130 cm³/mol. The fourth-order valence-electron chi connectivity index (χ4n) is 3.46. The number of benzene rings is 1. The molecule has 1 aliphatic rings. The van der Waals surface area contributed by atoms with Gasteiger partial charge in [0.1, 0.15) is 10.6 Å². The van der Waals surface area contributed by atoms with Gasteiger partial charge in [-0.15, -0.1) is 11.3 Å². The van der Waals surface area contributed by atoms with Gasteiger partial charge < -0.3 is 19.8 Å². The highest BCUT2D eigenvalue weighted by Crippen LogP contribution is 2.41. The quantitative estimate of drug-likeness (QED) is 0.264. The zero-order valence-electron chi connectivity index (χ0n) is 20.0. The highest BCUT2D eigenvalue weighted by Gasteiger charge is 2.26. The van der Waals surface area contributed by atoms with E-state index >= 15 is 0 Å². The molecule has 1 aliphatic carbocycles. The summed E-state index contributed by atoms with van der Waals surface area (Å²) in [5, 5.41) is 17.5. The van der Waals surface area contributed by atoms with E-state index in [9.17, 15) is 13.9 Å². The summed E-state index contributed by atoms with van der Waals surface area (Å²) < 4.78 is 36.6. The zero-order chi connectivity index (χ0) is 25.3. The number of halogens is 2. The Kier molecular flexibility index (Phi) is 10.6. The Hall–Kier alpha value is -2.33. The standard InChI is InChI=1S/C25H31F2NO3S.H3NO/c1-5-6-8-16(2)13-19(22-15-28-23(32-22)25(3,4)29)17-11-12-20(31-24(26)27)21(14-17)30-18-9-7-10-18;1-2/h5-6,8,11-12,14-15,18-19,24,29H,7,9-10,13H2,1-4H3;2H,1H2/b6-5-,16-8+;. The van der Waals surface area contributed by atoms with E-state index in [1.807, 2.05) is 31.2 Å². The van der Waals surface area contributed by atoms with E-state index < -0.39 is 12.2 Å². The average Bonchev–Trinajstić information content (AvgIpc) is 3.26. The topological polar surface area (TPSA) is 97.8 Å². The molecule has 0 amide bonds. The molecule has 1 aromatic heterocycles. The lowest BCUT2D eigenvalue weighted by Crippen LogP contribution is -2.25. The number of thiazole rings is 1. The summed E-state index contributed by atoms with van der Waals surface area (Å²) in [5.74, 6) is 3.84. The number of nitrogens with zero attached hydrogens (tertiary/aromatic N) is 1. The molecule has 0 spiro atoms. The van der Waals surface area contributed by atoms with Gasteiger partial charge in [0.2, 0.25) is 0 Å². The van der Waals surface area contributed by atoms with E-state index in [1.54, 1.807) is 26.1 Å². The van der Waals surface area contributed by atoms with Gasteiger partial charge >= 0.3 is 6.61 Å². The molecule has 1 atom stereocenters. The van der Waals surface area contributed by atoms with Gasteiger partial charge in [-0.25, -0.2) is 10.9 Å². The normalized spacial score (nSPS) is 15.6. The van der Waals surface area contributed by atoms with Gasteiger partial charge in [-0.3, -0.25) is 0 Å². The summed E-state index contributed by atoms with van der Waals surface area (Å²) in [6, 6.07) is 5.18. The third-order valence-corrected chi connectivity index (χ3v) is 6.85. The lowest BCUT2D eigenvalue weighted by atomic mass is 9.90. The van der Waals surface area contributed by atoms with Crippen LogP contribution in [0.25, 0.3) is 0 Å². The largest absolute Gasteiger partial charge is 0.487 e. The van der Waals surface area contributed by atoms with Gasteiger partial charge in [0.05, 0.1) is 6.10 Å². The smallest absolute Gasteiger partial charge is 0.387 e. The molecule has 9 heteroatoms. The number of nitrogens with two attached hydrogens (primary N) is 1. The summed E-state index contributed by atoms with van der Waals surface area (Å²) in [6.07, 6.45) is 11.5. The monoisotopic (exact) mass is 496 g/mol. The molecule has 1 fully saturated rings. The van der Waals surface area contributed by atoms with E-state index in [0.29, 0.717) is 10.8 Å². The van der Waals surface area contributed by atoms with Crippen molar-refractivity contribution in [1.29, 1.82) is 0 Å². The Bertz CT molecular complexity index is 966. The lowest BCUT2D eigenvalue weighted by Gasteiger charge is -2.28. The molecule has 1 unspecified atom stereocenters. The van der Waals surface area contributed by atoms with Crippen LogP contribution in [0, 0.1) is 0 Å². The summed E-state index contributed by atoms with van der Waals surface area (Å²) in [6.45, 7) is 4.53. The van der Waals surface area contributed by atoms with Crippen LogP contribution in [-0.2, 0) is 5.60 Å². The van der Waals surface area contributed by atoms with E-state index in [-0.39, 0.29) is 17.8 Å². The Morgan fingerprint density at radius 3 is 2.53 bits per heavy atom. The molecular formula is C25H34F2N2O4S. The molecule has 0 saturated heterocycles. The van der Waals surface area contributed by atoms with Gasteiger partial charge in [-0.1, -0.05) is 29.9 Å². The zero-order valence-corrected chi connectivity index (χ0v) is 20.8. The fourth-order valence-corrected chi connectivity index (χ4v) is 4.50. The second-order valence-corrected chi connectivity index (χ2v) is 9.74. The number of hydrogen-bond acceptors (Lipinski definition) is 7. The number of aromatic nitrogens is 1. The molecule has 0 aliphatic heterocycles. The van der Waals surface area contributed by atoms with Crippen molar-refractivity contribution in [3.63, 3.8) is 0 Å². The van der Waals surface area contributed by atoms with Crippen LogP contribution in [0.15, 0.2) is 48.2 Å². The van der Waals surface area contributed by atoms with Crippen molar-refractivity contribution in [2.24, 2.45) is 5.90 Å². The summed E-state index contributed by atoms with van der Waals surface area (Å²) in [7, 11) is 0. The van der Waals surface area contributed by atoms with Crippen molar-refractivity contribution in [2.75, 3.05) is 0 Å². The number of hydrogen-bond donors (Lipinski definition) is 3. The van der Waals surface area contributed by atoms with Crippen LogP contribution in [0.3, 0.4) is 0 Å². The Morgan fingerprint density at radius 1 is 1.29 bits per heavy atom. The molecule has 4 N–H and O–H groups in total. The molecule has 0 radical (unpaired) electrons. The first-order valence-electron chi connectivity index (χ1n) is 11.2. The van der Waals surface area contributed by atoms with Crippen molar-refractivity contribution in [2.45, 2.75) is 77.6 Å². The van der Waals surface area contributed by atoms with E-state index in [0.717, 1.165) is 36.1 Å². The first kappa shape index (κ1) is 27.9.